The minimum atomic E-state index is -0.523. The highest BCUT2D eigenvalue weighted by atomic mass is 16.5. The summed E-state index contributed by atoms with van der Waals surface area (Å²) in [7, 11) is 0. The molecule has 0 spiro atoms. The van der Waals surface area contributed by atoms with Crippen LogP contribution in [0.5, 0.6) is 0 Å². The van der Waals surface area contributed by atoms with Crippen LogP contribution in [0.1, 0.15) is 50.0 Å². The third-order valence-electron chi connectivity index (χ3n) is 3.06. The number of hydrogen-bond donors (Lipinski definition) is 1. The lowest BCUT2D eigenvalue weighted by atomic mass is 9.93. The van der Waals surface area contributed by atoms with Crippen molar-refractivity contribution in [2.24, 2.45) is 5.41 Å². The third kappa shape index (κ3) is 5.19. The molecule has 1 unspecified atom stereocenters. The number of benzene rings is 1. The van der Waals surface area contributed by atoms with E-state index in [1.165, 1.54) is 5.56 Å². The van der Waals surface area contributed by atoms with Gasteiger partial charge >= 0.3 is 0 Å². The van der Waals surface area contributed by atoms with Gasteiger partial charge in [0.25, 0.3) is 0 Å². The molecule has 0 heterocycles. The van der Waals surface area contributed by atoms with Gasteiger partial charge < -0.3 is 9.84 Å². The summed E-state index contributed by atoms with van der Waals surface area (Å²) in [4.78, 5) is 0. The highest BCUT2D eigenvalue weighted by molar-refractivity contribution is 5.31. The van der Waals surface area contributed by atoms with Gasteiger partial charge in [-0.25, -0.2) is 0 Å². The minimum Gasteiger partial charge on any atom is -0.386 e. The molecule has 0 aliphatic heterocycles. The van der Waals surface area contributed by atoms with E-state index >= 15 is 0 Å². The number of ether oxygens (including phenoxy) is 1. The van der Waals surface area contributed by atoms with E-state index in [0.717, 1.165) is 17.5 Å². The van der Waals surface area contributed by atoms with Gasteiger partial charge in [-0.15, -0.1) is 0 Å². The summed E-state index contributed by atoms with van der Waals surface area (Å²) in [5, 5.41) is 10.1. The number of aliphatic hydroxyl groups is 1. The van der Waals surface area contributed by atoms with E-state index in [0.29, 0.717) is 13.2 Å². The van der Waals surface area contributed by atoms with Gasteiger partial charge in [0.1, 0.15) is 6.10 Å². The quantitative estimate of drug-likeness (QED) is 0.806. The van der Waals surface area contributed by atoms with Crippen LogP contribution in [-0.2, 0) is 4.74 Å². The van der Waals surface area contributed by atoms with Crippen LogP contribution in [0.25, 0.3) is 0 Å². The summed E-state index contributed by atoms with van der Waals surface area (Å²) in [6.07, 6.45) is 0.484. The molecular weight excluding hydrogens is 224 g/mol. The molecule has 0 aliphatic rings. The van der Waals surface area contributed by atoms with Gasteiger partial charge in [-0.1, -0.05) is 44.5 Å². The van der Waals surface area contributed by atoms with Crippen LogP contribution in [0, 0.1) is 19.3 Å². The molecule has 0 saturated heterocycles. The zero-order chi connectivity index (χ0) is 13.8. The SMILES string of the molecule is Cc1ccc(C(O)COCCC(C)(C)C)c(C)c1. The second-order valence-electron chi connectivity index (χ2n) is 6.26. The van der Waals surface area contributed by atoms with E-state index in [1.54, 1.807) is 0 Å². The topological polar surface area (TPSA) is 29.5 Å². The Morgan fingerprint density at radius 2 is 1.89 bits per heavy atom. The van der Waals surface area contributed by atoms with Crippen LogP contribution in [-0.4, -0.2) is 18.3 Å². The minimum absolute atomic E-state index is 0.282. The van der Waals surface area contributed by atoms with E-state index in [2.05, 4.69) is 33.8 Å². The average Bonchev–Trinajstić information content (AvgIpc) is 2.22. The maximum absolute atomic E-state index is 10.1. The van der Waals surface area contributed by atoms with Gasteiger partial charge in [0.2, 0.25) is 0 Å². The fourth-order valence-corrected chi connectivity index (χ4v) is 1.86. The molecule has 0 amide bonds. The van der Waals surface area contributed by atoms with E-state index in [9.17, 15) is 5.11 Å². The number of rotatable bonds is 5. The van der Waals surface area contributed by atoms with Gasteiger partial charge in [-0.2, -0.15) is 0 Å². The van der Waals surface area contributed by atoms with Crippen molar-refractivity contribution >= 4 is 0 Å². The molecule has 0 saturated carbocycles. The standard InChI is InChI=1S/C16H26O2/c1-12-6-7-14(13(2)10-12)15(17)11-18-9-8-16(3,4)5/h6-7,10,15,17H,8-9,11H2,1-5H3. The molecule has 0 radical (unpaired) electrons. The lowest BCUT2D eigenvalue weighted by Crippen LogP contribution is -2.13. The molecule has 1 atom stereocenters. The van der Waals surface area contributed by atoms with E-state index in [1.807, 2.05) is 19.1 Å². The highest BCUT2D eigenvalue weighted by Gasteiger charge is 2.13. The Kier molecular flexibility index (Phi) is 5.36. The predicted octanol–water partition coefficient (Wildman–Crippen LogP) is 3.79. The van der Waals surface area contributed by atoms with Crippen molar-refractivity contribution in [2.75, 3.05) is 13.2 Å². The van der Waals surface area contributed by atoms with Crippen molar-refractivity contribution in [2.45, 2.75) is 47.1 Å². The summed E-state index contributed by atoms with van der Waals surface area (Å²) in [5.74, 6) is 0. The maximum atomic E-state index is 10.1. The summed E-state index contributed by atoms with van der Waals surface area (Å²) in [5.41, 5.74) is 3.60. The Balaban J connectivity index is 2.43. The van der Waals surface area contributed by atoms with Crippen molar-refractivity contribution in [3.05, 3.63) is 34.9 Å². The van der Waals surface area contributed by atoms with Crippen LogP contribution in [0.15, 0.2) is 18.2 Å². The van der Waals surface area contributed by atoms with Crippen molar-refractivity contribution < 1.29 is 9.84 Å². The van der Waals surface area contributed by atoms with Crippen LogP contribution in [0.4, 0.5) is 0 Å². The van der Waals surface area contributed by atoms with Crippen molar-refractivity contribution in [1.29, 1.82) is 0 Å². The molecule has 0 aliphatic carbocycles. The predicted molar refractivity (Wildman–Crippen MR) is 75.8 cm³/mol. The molecular formula is C16H26O2. The molecule has 0 aromatic heterocycles. The lowest BCUT2D eigenvalue weighted by molar-refractivity contribution is 0.0260. The first-order valence-corrected chi connectivity index (χ1v) is 6.62. The monoisotopic (exact) mass is 250 g/mol. The summed E-state index contributed by atoms with van der Waals surface area (Å²) in [6, 6.07) is 6.11. The third-order valence-corrected chi connectivity index (χ3v) is 3.06. The van der Waals surface area contributed by atoms with Crippen LogP contribution < -0.4 is 0 Å². The van der Waals surface area contributed by atoms with E-state index < -0.39 is 6.10 Å². The first kappa shape index (κ1) is 15.2. The summed E-state index contributed by atoms with van der Waals surface area (Å²) in [6.45, 7) is 11.7. The molecule has 1 aromatic carbocycles. The van der Waals surface area contributed by atoms with Crippen LogP contribution >= 0.6 is 0 Å². The van der Waals surface area contributed by atoms with Gasteiger partial charge in [-0.05, 0) is 36.8 Å². The fraction of sp³-hybridized carbons (Fsp3) is 0.625. The number of hydrogen-bond acceptors (Lipinski definition) is 2. The first-order chi connectivity index (χ1) is 8.29. The van der Waals surface area contributed by atoms with Crippen molar-refractivity contribution in [1.82, 2.24) is 0 Å². The second kappa shape index (κ2) is 6.35. The van der Waals surface area contributed by atoms with E-state index in [4.69, 9.17) is 4.74 Å². The average molecular weight is 250 g/mol. The Hall–Kier alpha value is -0.860. The molecule has 1 aromatic rings. The molecule has 0 fully saturated rings. The molecule has 18 heavy (non-hydrogen) atoms. The van der Waals surface area contributed by atoms with Crippen molar-refractivity contribution in [3.8, 4) is 0 Å². The Labute approximate surface area is 111 Å². The molecule has 102 valence electrons. The lowest BCUT2D eigenvalue weighted by Gasteiger charge is -2.19. The summed E-state index contributed by atoms with van der Waals surface area (Å²) < 4.78 is 5.56. The summed E-state index contributed by atoms with van der Waals surface area (Å²) >= 11 is 0. The Bertz CT molecular complexity index is 377. The first-order valence-electron chi connectivity index (χ1n) is 6.62. The zero-order valence-corrected chi connectivity index (χ0v) is 12.3. The maximum Gasteiger partial charge on any atom is 0.103 e. The van der Waals surface area contributed by atoms with Gasteiger partial charge in [0.05, 0.1) is 6.61 Å². The number of aliphatic hydroxyl groups excluding tert-OH is 1. The van der Waals surface area contributed by atoms with Crippen LogP contribution in [0.2, 0.25) is 0 Å². The second-order valence-corrected chi connectivity index (χ2v) is 6.26. The smallest absolute Gasteiger partial charge is 0.103 e. The highest BCUT2D eigenvalue weighted by Crippen LogP contribution is 2.21. The van der Waals surface area contributed by atoms with Gasteiger partial charge in [-0.3, -0.25) is 0 Å². The van der Waals surface area contributed by atoms with Crippen molar-refractivity contribution in [3.63, 3.8) is 0 Å². The molecule has 0 bridgehead atoms. The normalized spacial score (nSPS) is 13.7. The van der Waals surface area contributed by atoms with Crippen LogP contribution in [0.3, 0.4) is 0 Å². The zero-order valence-electron chi connectivity index (χ0n) is 12.3. The van der Waals surface area contributed by atoms with Gasteiger partial charge in [0, 0.05) is 6.61 Å². The largest absolute Gasteiger partial charge is 0.386 e. The molecule has 1 rings (SSSR count). The molecule has 1 N–H and O–H groups in total. The fourth-order valence-electron chi connectivity index (χ4n) is 1.86. The molecule has 2 heteroatoms. The number of aryl methyl sites for hydroxylation is 2. The molecule has 2 nitrogen and oxygen atoms in total. The Morgan fingerprint density at radius 1 is 1.22 bits per heavy atom. The Morgan fingerprint density at radius 3 is 2.44 bits per heavy atom. The van der Waals surface area contributed by atoms with Gasteiger partial charge in [0.15, 0.2) is 0 Å². The van der Waals surface area contributed by atoms with E-state index in [-0.39, 0.29) is 5.41 Å².